The molecule has 0 bridgehead atoms. The molecular weight excluding hydrogens is 320 g/mol. The highest BCUT2D eigenvalue weighted by molar-refractivity contribution is 6.30. The van der Waals surface area contributed by atoms with Gasteiger partial charge in [-0.1, -0.05) is 11.6 Å². The minimum absolute atomic E-state index is 0.195. The number of anilines is 1. The summed E-state index contributed by atoms with van der Waals surface area (Å²) >= 11 is 5.96. The number of hydrogen-bond acceptors (Lipinski definition) is 6. The number of carbonyl (C=O) groups is 1. The molecule has 1 heterocycles. The van der Waals surface area contributed by atoms with Gasteiger partial charge >= 0.3 is 5.97 Å². The molecular formula is C16H17ClN2O4. The lowest BCUT2D eigenvalue weighted by Gasteiger charge is -2.16. The molecule has 0 aliphatic heterocycles. The van der Waals surface area contributed by atoms with Crippen molar-refractivity contribution in [1.29, 1.82) is 0 Å². The Balaban J connectivity index is 2.26. The van der Waals surface area contributed by atoms with Crippen molar-refractivity contribution in [2.24, 2.45) is 0 Å². The summed E-state index contributed by atoms with van der Waals surface area (Å²) in [5, 5.41) is 13.3. The third kappa shape index (κ3) is 4.34. The molecule has 0 saturated heterocycles. The molecule has 1 unspecified atom stereocenters. The van der Waals surface area contributed by atoms with E-state index in [0.29, 0.717) is 22.6 Å². The van der Waals surface area contributed by atoms with Gasteiger partial charge in [0.05, 0.1) is 19.3 Å². The molecule has 2 rings (SSSR count). The van der Waals surface area contributed by atoms with Crippen LogP contribution < -0.4 is 10.1 Å². The van der Waals surface area contributed by atoms with E-state index in [1.54, 1.807) is 37.3 Å². The molecule has 0 aliphatic rings. The summed E-state index contributed by atoms with van der Waals surface area (Å²) in [4.78, 5) is 15.8. The Morgan fingerprint density at radius 2 is 2.22 bits per heavy atom. The number of halogens is 1. The number of carbonyl (C=O) groups excluding carboxylic acids is 1. The van der Waals surface area contributed by atoms with Gasteiger partial charge in [-0.25, -0.2) is 9.78 Å². The summed E-state index contributed by atoms with van der Waals surface area (Å²) in [6, 6.07) is 8.10. The number of aliphatic hydroxyl groups excluding tert-OH is 1. The SMILES string of the molecule is CCOC(=O)c1cc(NC(O)c2cccnc2Cl)cc(OC)c1. The van der Waals surface area contributed by atoms with Crippen LogP contribution in [0.1, 0.15) is 29.1 Å². The summed E-state index contributed by atoms with van der Waals surface area (Å²) in [5.41, 5.74) is 1.23. The monoisotopic (exact) mass is 336 g/mol. The number of ether oxygens (including phenoxy) is 2. The van der Waals surface area contributed by atoms with Gasteiger partial charge in [0, 0.05) is 23.5 Å². The second-order valence-corrected chi connectivity index (χ2v) is 4.96. The highest BCUT2D eigenvalue weighted by atomic mass is 35.5. The van der Waals surface area contributed by atoms with Crippen LogP contribution in [0.4, 0.5) is 5.69 Å². The van der Waals surface area contributed by atoms with Gasteiger partial charge in [-0.05, 0) is 31.2 Å². The summed E-state index contributed by atoms with van der Waals surface area (Å²) in [5.74, 6) is -0.00844. The number of hydrogen-bond donors (Lipinski definition) is 2. The minimum atomic E-state index is -1.08. The van der Waals surface area contributed by atoms with E-state index in [1.807, 2.05) is 0 Å². The second kappa shape index (κ2) is 7.80. The van der Waals surface area contributed by atoms with Crippen LogP contribution in [0.15, 0.2) is 36.5 Å². The zero-order valence-corrected chi connectivity index (χ0v) is 13.5. The molecule has 0 fully saturated rings. The van der Waals surface area contributed by atoms with Gasteiger partial charge in [0.2, 0.25) is 0 Å². The minimum Gasteiger partial charge on any atom is -0.497 e. The number of pyridine rings is 1. The molecule has 1 aromatic heterocycles. The zero-order valence-electron chi connectivity index (χ0n) is 12.7. The average molecular weight is 337 g/mol. The predicted molar refractivity (Wildman–Crippen MR) is 86.8 cm³/mol. The van der Waals surface area contributed by atoms with Crippen molar-refractivity contribution < 1.29 is 19.4 Å². The van der Waals surface area contributed by atoms with Crippen molar-refractivity contribution >= 4 is 23.3 Å². The van der Waals surface area contributed by atoms with Crippen LogP contribution in [0.3, 0.4) is 0 Å². The molecule has 1 atom stereocenters. The lowest BCUT2D eigenvalue weighted by atomic mass is 10.1. The first-order valence-electron chi connectivity index (χ1n) is 6.96. The van der Waals surface area contributed by atoms with Crippen molar-refractivity contribution in [3.05, 3.63) is 52.8 Å². The van der Waals surface area contributed by atoms with Crippen molar-refractivity contribution in [3.63, 3.8) is 0 Å². The number of esters is 1. The molecule has 2 N–H and O–H groups in total. The Hall–Kier alpha value is -2.31. The quantitative estimate of drug-likeness (QED) is 0.479. The Morgan fingerprint density at radius 1 is 1.43 bits per heavy atom. The zero-order chi connectivity index (χ0) is 16.8. The van der Waals surface area contributed by atoms with Crippen LogP contribution in [0.25, 0.3) is 0 Å². The first-order chi connectivity index (χ1) is 11.0. The van der Waals surface area contributed by atoms with E-state index in [0.717, 1.165) is 0 Å². The Labute approximate surface area is 139 Å². The van der Waals surface area contributed by atoms with E-state index in [-0.39, 0.29) is 11.8 Å². The van der Waals surface area contributed by atoms with Crippen molar-refractivity contribution in [1.82, 2.24) is 4.98 Å². The number of methoxy groups -OCH3 is 1. The number of rotatable bonds is 6. The molecule has 0 amide bonds. The number of aliphatic hydroxyl groups is 1. The summed E-state index contributed by atoms with van der Waals surface area (Å²) in [6.07, 6.45) is 0.446. The van der Waals surface area contributed by atoms with Crippen molar-refractivity contribution in [2.45, 2.75) is 13.2 Å². The standard InChI is InChI=1S/C16H17ClN2O4/c1-3-23-16(21)10-7-11(9-12(8-10)22-2)19-15(20)13-5-4-6-18-14(13)17/h4-9,15,19-20H,3H2,1-2H3. The van der Waals surface area contributed by atoms with E-state index in [9.17, 15) is 9.90 Å². The van der Waals surface area contributed by atoms with E-state index in [4.69, 9.17) is 21.1 Å². The van der Waals surface area contributed by atoms with Crippen molar-refractivity contribution in [3.8, 4) is 5.75 Å². The van der Waals surface area contributed by atoms with Crippen LogP contribution in [0.2, 0.25) is 5.15 Å². The molecule has 23 heavy (non-hydrogen) atoms. The molecule has 122 valence electrons. The molecule has 0 radical (unpaired) electrons. The third-order valence-corrected chi connectivity index (χ3v) is 3.36. The largest absolute Gasteiger partial charge is 0.497 e. The number of aromatic nitrogens is 1. The highest BCUT2D eigenvalue weighted by Gasteiger charge is 2.15. The van der Waals surface area contributed by atoms with Crippen molar-refractivity contribution in [2.75, 3.05) is 19.0 Å². The molecule has 0 spiro atoms. The van der Waals surface area contributed by atoms with Crippen LogP contribution in [0, 0.1) is 0 Å². The maximum absolute atomic E-state index is 11.9. The van der Waals surface area contributed by atoms with E-state index >= 15 is 0 Å². The van der Waals surface area contributed by atoms with Gasteiger partial charge in [0.25, 0.3) is 0 Å². The van der Waals surface area contributed by atoms with Gasteiger partial charge in [-0.15, -0.1) is 0 Å². The van der Waals surface area contributed by atoms with Gasteiger partial charge < -0.3 is 19.9 Å². The Kier molecular flexibility index (Phi) is 5.78. The van der Waals surface area contributed by atoms with Gasteiger partial charge in [-0.3, -0.25) is 0 Å². The fourth-order valence-corrected chi connectivity index (χ4v) is 2.19. The Morgan fingerprint density at radius 3 is 2.87 bits per heavy atom. The molecule has 0 saturated carbocycles. The maximum Gasteiger partial charge on any atom is 0.338 e. The normalized spacial score (nSPS) is 11.7. The van der Waals surface area contributed by atoms with E-state index in [1.165, 1.54) is 13.3 Å². The average Bonchev–Trinajstić information content (AvgIpc) is 2.55. The second-order valence-electron chi connectivity index (χ2n) is 4.60. The number of nitrogens with one attached hydrogen (secondary N) is 1. The smallest absolute Gasteiger partial charge is 0.338 e. The molecule has 1 aromatic carbocycles. The highest BCUT2D eigenvalue weighted by Crippen LogP contribution is 2.26. The molecule has 0 aliphatic carbocycles. The number of nitrogens with zero attached hydrogens (tertiary/aromatic N) is 1. The van der Waals surface area contributed by atoms with Crippen LogP contribution in [-0.2, 0) is 4.74 Å². The summed E-state index contributed by atoms with van der Waals surface area (Å²) < 4.78 is 10.1. The first-order valence-corrected chi connectivity index (χ1v) is 7.34. The Bertz CT molecular complexity index is 694. The number of benzene rings is 1. The van der Waals surface area contributed by atoms with Gasteiger partial charge in [0.15, 0.2) is 6.23 Å². The summed E-state index contributed by atoms with van der Waals surface area (Å²) in [7, 11) is 1.49. The van der Waals surface area contributed by atoms with Gasteiger partial charge in [0.1, 0.15) is 10.9 Å². The third-order valence-electron chi connectivity index (χ3n) is 3.04. The van der Waals surface area contributed by atoms with E-state index in [2.05, 4.69) is 10.3 Å². The topological polar surface area (TPSA) is 80.7 Å². The van der Waals surface area contributed by atoms with Gasteiger partial charge in [-0.2, -0.15) is 0 Å². The first kappa shape index (κ1) is 17.1. The summed E-state index contributed by atoms with van der Waals surface area (Å²) in [6.45, 7) is 2.00. The molecule has 7 heteroatoms. The fourth-order valence-electron chi connectivity index (χ4n) is 1.97. The lowest BCUT2D eigenvalue weighted by molar-refractivity contribution is 0.0526. The van der Waals surface area contributed by atoms with Crippen LogP contribution in [0.5, 0.6) is 5.75 Å². The molecule has 6 nitrogen and oxygen atoms in total. The fraction of sp³-hybridized carbons (Fsp3) is 0.250. The lowest BCUT2D eigenvalue weighted by Crippen LogP contribution is -2.12. The molecule has 2 aromatic rings. The predicted octanol–water partition coefficient (Wildman–Crippen LogP) is 3.02. The van der Waals surface area contributed by atoms with Crippen LogP contribution in [-0.4, -0.2) is 29.8 Å². The van der Waals surface area contributed by atoms with E-state index < -0.39 is 12.2 Å². The maximum atomic E-state index is 11.9. The van der Waals surface area contributed by atoms with Crippen LogP contribution >= 0.6 is 11.6 Å².